The zero-order valence-electron chi connectivity index (χ0n) is 33.8. The molecule has 3 heterocycles. The molecule has 4 amide bonds. The summed E-state index contributed by atoms with van der Waals surface area (Å²) in [6.45, 7) is 6.48. The van der Waals surface area contributed by atoms with Crippen LogP contribution in [0.1, 0.15) is 86.0 Å². The third-order valence-corrected chi connectivity index (χ3v) is 14.3. The summed E-state index contributed by atoms with van der Waals surface area (Å²) in [5.74, 6) is -6.46. The number of ether oxygens (including phenoxy) is 2. The zero-order chi connectivity index (χ0) is 44.1. The minimum atomic E-state index is -4.44. The van der Waals surface area contributed by atoms with Gasteiger partial charge in [-0.2, -0.15) is 13.8 Å². The van der Waals surface area contributed by atoms with Crippen molar-refractivity contribution in [3.8, 4) is 11.8 Å². The average molecular weight is 888 g/mol. The van der Waals surface area contributed by atoms with Gasteiger partial charge in [-0.25, -0.2) is 22.0 Å². The van der Waals surface area contributed by atoms with Crippen LogP contribution in [-0.4, -0.2) is 106 Å². The number of allylic oxidation sites excluding steroid dienone is 1. The van der Waals surface area contributed by atoms with Crippen LogP contribution in [0.2, 0.25) is 5.02 Å². The number of pyridine rings is 1. The first-order chi connectivity index (χ1) is 28.1. The lowest BCUT2D eigenvalue weighted by Crippen LogP contribution is -2.64. The summed E-state index contributed by atoms with van der Waals surface area (Å²) < 4.78 is 101. The Balaban J connectivity index is 1.49. The highest BCUT2D eigenvalue weighted by atomic mass is 35.5. The lowest BCUT2D eigenvalue weighted by molar-refractivity contribution is -0.219. The standard InChI is InChI=1S/C40H50ClF4N5O9S/c1-6-23(4)49(37(54)55)32-22(3)16-21(2)10-7-8-11-24-18-39(24,36(53)48-60(56,57)25-14-15-25)47-33(51)29-19-38(5,40(44,45)50(29)35(32)52)59-34-26-12-9-13-28(41)27(26)17-31(46-34)58-20-30(42)43/h8-9,11-13,17,21-25,29-30,32H,6-7,10,14-16,18-20H2,1-5H3,(H,47,51)(H,48,53)(H,54,55)/b11-8-/t21-,22+,23?,24+,29-,32-,38+,39+/m0/s1. The highest BCUT2D eigenvalue weighted by Crippen LogP contribution is 2.51. The Bertz CT molecular complexity index is 2160. The molecule has 1 unspecified atom stereocenters. The van der Waals surface area contributed by atoms with Gasteiger partial charge in [0, 0.05) is 40.2 Å². The first-order valence-corrected chi connectivity index (χ1v) is 22.0. The molecule has 2 aromatic rings. The number of amides is 4. The molecule has 0 spiro atoms. The number of halogens is 5. The maximum atomic E-state index is 17.7. The third-order valence-electron chi connectivity index (χ3n) is 12.1. The van der Waals surface area contributed by atoms with Crippen molar-refractivity contribution in [1.82, 2.24) is 24.8 Å². The highest BCUT2D eigenvalue weighted by Gasteiger charge is 2.71. The summed E-state index contributed by atoms with van der Waals surface area (Å²) in [6.07, 6.45) is 0.0479. The van der Waals surface area contributed by atoms with Crippen LogP contribution < -0.4 is 19.5 Å². The number of carboxylic acid groups (broad SMARTS) is 1. The number of nitrogens with one attached hydrogen (secondary N) is 2. The molecule has 1 saturated heterocycles. The number of sulfonamides is 1. The van der Waals surface area contributed by atoms with E-state index in [4.69, 9.17) is 21.1 Å². The minimum Gasteiger partial charge on any atom is -0.471 e. The lowest BCUT2D eigenvalue weighted by Gasteiger charge is -2.42. The number of aromatic nitrogens is 1. The fourth-order valence-corrected chi connectivity index (χ4v) is 9.98. The summed E-state index contributed by atoms with van der Waals surface area (Å²) in [5, 5.41) is 12.5. The number of fused-ring (bicyclic) bond motifs is 3. The van der Waals surface area contributed by atoms with Crippen LogP contribution in [0.4, 0.5) is 22.4 Å². The number of hydrogen-bond acceptors (Lipinski definition) is 9. The first-order valence-electron chi connectivity index (χ1n) is 20.0. The molecule has 14 nitrogen and oxygen atoms in total. The van der Waals surface area contributed by atoms with E-state index in [1.54, 1.807) is 26.0 Å². The van der Waals surface area contributed by atoms with E-state index < -0.39 is 117 Å². The Labute approximate surface area is 350 Å². The SMILES string of the molecule is CCC(C)N(C(=O)O)[C@@H]1C(=O)N2[C@@H](C[C@@](C)(Oc3nc(OCC(F)F)cc4c(Cl)cccc34)C2(F)F)C(=O)N[C@]2(C(=O)NS(=O)(=O)C3CC3)C[C@H]2/C=C\CC[C@H](C)C[C@H]1C. The number of benzene rings is 1. The Morgan fingerprint density at radius 2 is 1.85 bits per heavy atom. The molecule has 2 saturated carbocycles. The van der Waals surface area contributed by atoms with Crippen molar-refractivity contribution in [3.05, 3.63) is 41.4 Å². The van der Waals surface area contributed by atoms with Gasteiger partial charge in [0.2, 0.25) is 27.7 Å². The van der Waals surface area contributed by atoms with E-state index in [0.29, 0.717) is 25.7 Å². The third kappa shape index (κ3) is 8.70. The van der Waals surface area contributed by atoms with Crippen LogP contribution in [-0.2, 0) is 24.4 Å². The molecule has 0 radical (unpaired) electrons. The Morgan fingerprint density at radius 1 is 1.15 bits per heavy atom. The molecule has 2 aliphatic heterocycles. The molecule has 8 atom stereocenters. The number of hydrogen-bond donors (Lipinski definition) is 3. The fourth-order valence-electron chi connectivity index (χ4n) is 8.39. The van der Waals surface area contributed by atoms with Crippen molar-refractivity contribution in [2.24, 2.45) is 17.8 Å². The van der Waals surface area contributed by atoms with E-state index in [1.807, 2.05) is 6.92 Å². The Kier molecular flexibility index (Phi) is 12.7. The predicted molar refractivity (Wildman–Crippen MR) is 211 cm³/mol. The molecule has 330 valence electrons. The molecule has 6 rings (SSSR count). The molecule has 1 aromatic carbocycles. The Morgan fingerprint density at radius 3 is 2.48 bits per heavy atom. The van der Waals surface area contributed by atoms with E-state index in [-0.39, 0.29) is 45.9 Å². The van der Waals surface area contributed by atoms with Crippen LogP contribution in [0, 0.1) is 17.8 Å². The molecular weight excluding hydrogens is 838 g/mol. The molecule has 60 heavy (non-hydrogen) atoms. The zero-order valence-corrected chi connectivity index (χ0v) is 35.4. The van der Waals surface area contributed by atoms with Gasteiger partial charge in [0.05, 0.1) is 5.25 Å². The molecule has 1 aromatic heterocycles. The van der Waals surface area contributed by atoms with Crippen LogP contribution in [0.15, 0.2) is 36.4 Å². The molecule has 20 heteroatoms. The van der Waals surface area contributed by atoms with Crippen molar-refractivity contribution in [2.75, 3.05) is 6.61 Å². The van der Waals surface area contributed by atoms with Gasteiger partial charge in [-0.15, -0.1) is 0 Å². The van der Waals surface area contributed by atoms with E-state index in [9.17, 15) is 36.7 Å². The van der Waals surface area contributed by atoms with Crippen molar-refractivity contribution in [2.45, 2.75) is 133 Å². The monoisotopic (exact) mass is 887 g/mol. The molecular formula is C40H50ClF4N5O9S. The normalized spacial score (nSPS) is 30.6. The molecule has 3 fully saturated rings. The maximum Gasteiger partial charge on any atom is 0.408 e. The van der Waals surface area contributed by atoms with Gasteiger partial charge in [0.15, 0.2) is 12.2 Å². The molecule has 3 N–H and O–H groups in total. The second kappa shape index (κ2) is 16.8. The topological polar surface area (TPSA) is 185 Å². The summed E-state index contributed by atoms with van der Waals surface area (Å²) in [4.78, 5) is 61.5. The van der Waals surface area contributed by atoms with Gasteiger partial charge in [-0.3, -0.25) is 28.9 Å². The predicted octanol–water partition coefficient (Wildman–Crippen LogP) is 6.51. The van der Waals surface area contributed by atoms with Crippen LogP contribution >= 0.6 is 11.6 Å². The summed E-state index contributed by atoms with van der Waals surface area (Å²) in [5.41, 5.74) is -4.74. The number of carbonyl (C=O) groups excluding carboxylic acids is 3. The summed E-state index contributed by atoms with van der Waals surface area (Å²) in [6, 6.07) is -3.59. The van der Waals surface area contributed by atoms with Crippen molar-refractivity contribution in [3.63, 3.8) is 0 Å². The first kappa shape index (κ1) is 45.1. The maximum absolute atomic E-state index is 17.7. The second-order valence-corrected chi connectivity index (χ2v) is 19.1. The van der Waals surface area contributed by atoms with E-state index in [0.717, 1.165) is 11.8 Å². The van der Waals surface area contributed by atoms with E-state index in [1.165, 1.54) is 31.2 Å². The number of rotatable bonds is 11. The van der Waals surface area contributed by atoms with Gasteiger partial charge >= 0.3 is 12.1 Å². The van der Waals surface area contributed by atoms with Crippen molar-refractivity contribution in [1.29, 1.82) is 0 Å². The quantitative estimate of drug-likeness (QED) is 0.128. The van der Waals surface area contributed by atoms with Crippen LogP contribution in [0.5, 0.6) is 11.8 Å². The molecule has 0 bridgehead atoms. The van der Waals surface area contributed by atoms with Gasteiger partial charge in [-0.1, -0.05) is 50.6 Å². The fraction of sp³-hybridized carbons (Fsp3) is 0.625. The van der Waals surface area contributed by atoms with Crippen molar-refractivity contribution < 1.29 is 59.7 Å². The summed E-state index contributed by atoms with van der Waals surface area (Å²) in [7, 11) is -4.12. The van der Waals surface area contributed by atoms with Gasteiger partial charge < -0.3 is 19.9 Å². The number of carbonyl (C=O) groups is 4. The number of nitrogens with zero attached hydrogens (tertiary/aromatic N) is 3. The van der Waals surface area contributed by atoms with Crippen molar-refractivity contribution >= 4 is 56.2 Å². The molecule has 2 aliphatic carbocycles. The van der Waals surface area contributed by atoms with Gasteiger partial charge in [-0.05, 0) is 82.8 Å². The van der Waals surface area contributed by atoms with Gasteiger partial charge in [0.1, 0.15) is 17.6 Å². The largest absolute Gasteiger partial charge is 0.471 e. The van der Waals surface area contributed by atoms with E-state index >= 15 is 13.6 Å². The second-order valence-electron chi connectivity index (χ2n) is 16.8. The Hall–Kier alpha value is -4.39. The number of alkyl halides is 4. The summed E-state index contributed by atoms with van der Waals surface area (Å²) >= 11 is 6.42. The van der Waals surface area contributed by atoms with E-state index in [2.05, 4.69) is 15.0 Å². The highest BCUT2D eigenvalue weighted by molar-refractivity contribution is 7.91. The average Bonchev–Trinajstić information content (AvgIpc) is 4.09. The van der Waals surface area contributed by atoms with Crippen LogP contribution in [0.3, 0.4) is 0 Å². The smallest absolute Gasteiger partial charge is 0.408 e. The van der Waals surface area contributed by atoms with Crippen LogP contribution in [0.25, 0.3) is 10.8 Å². The van der Waals surface area contributed by atoms with Gasteiger partial charge in [0.25, 0.3) is 18.2 Å². The minimum absolute atomic E-state index is 0.0121. The lowest BCUT2D eigenvalue weighted by atomic mass is 9.86. The molecule has 4 aliphatic rings.